The van der Waals surface area contributed by atoms with Crippen molar-refractivity contribution < 1.29 is 23.1 Å². The molecule has 0 bridgehead atoms. The van der Waals surface area contributed by atoms with Crippen LogP contribution < -0.4 is 4.65 Å². The smallest absolute Gasteiger partial charge is 0.512 e. The van der Waals surface area contributed by atoms with Gasteiger partial charge in [0.15, 0.2) is 9.84 Å². The summed E-state index contributed by atoms with van der Waals surface area (Å²) in [5.41, 5.74) is 0. The van der Waals surface area contributed by atoms with Crippen LogP contribution >= 0.6 is 0 Å². The lowest BCUT2D eigenvalue weighted by molar-refractivity contribution is 0.288. The van der Waals surface area contributed by atoms with Gasteiger partial charge in [-0.05, 0) is 43.0 Å². The molecule has 0 saturated heterocycles. The van der Waals surface area contributed by atoms with Crippen molar-refractivity contribution in [3.8, 4) is 5.75 Å². The zero-order chi connectivity index (χ0) is 12.5. The Hall–Kier alpha value is -1.05. The van der Waals surface area contributed by atoms with E-state index >= 15 is 0 Å². The van der Waals surface area contributed by atoms with Crippen molar-refractivity contribution in [3.05, 3.63) is 24.3 Å². The van der Waals surface area contributed by atoms with Crippen LogP contribution in [0.1, 0.15) is 12.8 Å². The molecular formula is C10H13BO5S. The summed E-state index contributed by atoms with van der Waals surface area (Å²) in [6.07, 6.45) is 1.97. The highest BCUT2D eigenvalue weighted by Gasteiger charge is 2.29. The zero-order valence-corrected chi connectivity index (χ0v) is 9.93. The average Bonchev–Trinajstić information content (AvgIpc) is 3.01. The number of hydrogen-bond donors (Lipinski definition) is 2. The maximum atomic E-state index is 11.9. The fourth-order valence-corrected chi connectivity index (χ4v) is 3.24. The standard InChI is InChI=1S/C10H13BO5S/c12-11(13)16-9-3-5-10(6-4-9)17(14,15)7-8-1-2-8/h3-6,8,12-13H,1-2,7H2. The summed E-state index contributed by atoms with van der Waals surface area (Å²) in [4.78, 5) is 0.240. The molecule has 1 aliphatic carbocycles. The molecule has 0 aromatic heterocycles. The van der Waals surface area contributed by atoms with Gasteiger partial charge < -0.3 is 14.7 Å². The van der Waals surface area contributed by atoms with Gasteiger partial charge in [0.2, 0.25) is 0 Å². The van der Waals surface area contributed by atoms with Crippen LogP contribution in [0.25, 0.3) is 0 Å². The van der Waals surface area contributed by atoms with Crippen LogP contribution in [0.5, 0.6) is 5.75 Å². The molecule has 1 aromatic rings. The van der Waals surface area contributed by atoms with Crippen molar-refractivity contribution in [2.24, 2.45) is 5.92 Å². The van der Waals surface area contributed by atoms with Crippen LogP contribution in [0.15, 0.2) is 29.2 Å². The van der Waals surface area contributed by atoms with Gasteiger partial charge in [-0.3, -0.25) is 0 Å². The van der Waals surface area contributed by atoms with Gasteiger partial charge in [-0.25, -0.2) is 8.42 Å². The molecule has 0 amide bonds. The van der Waals surface area contributed by atoms with E-state index in [1.807, 2.05) is 0 Å². The molecule has 7 heteroatoms. The van der Waals surface area contributed by atoms with Gasteiger partial charge in [0.25, 0.3) is 0 Å². The number of rotatable bonds is 5. The second kappa shape index (κ2) is 4.68. The number of hydrogen-bond acceptors (Lipinski definition) is 5. The second-order valence-electron chi connectivity index (χ2n) is 4.14. The summed E-state index contributed by atoms with van der Waals surface area (Å²) in [5.74, 6) is 0.705. The van der Waals surface area contributed by atoms with Crippen molar-refractivity contribution >= 4 is 17.2 Å². The summed E-state index contributed by atoms with van der Waals surface area (Å²) >= 11 is 0. The molecule has 0 unspecified atom stereocenters. The van der Waals surface area contributed by atoms with Gasteiger partial charge in [-0.1, -0.05) is 0 Å². The minimum atomic E-state index is -3.22. The van der Waals surface area contributed by atoms with E-state index in [0.717, 1.165) is 12.8 Å². The summed E-state index contributed by atoms with van der Waals surface area (Å²) in [5, 5.41) is 17.2. The van der Waals surface area contributed by atoms with Crippen LogP contribution in [0.4, 0.5) is 0 Å². The lowest BCUT2D eigenvalue weighted by atomic mass is 10.2. The molecule has 1 aromatic carbocycles. The molecule has 1 saturated carbocycles. The van der Waals surface area contributed by atoms with Crippen molar-refractivity contribution in [2.45, 2.75) is 17.7 Å². The van der Waals surface area contributed by atoms with Crippen LogP contribution in [-0.4, -0.2) is 31.5 Å². The molecule has 2 rings (SSSR count). The quantitative estimate of drug-likeness (QED) is 0.736. The summed E-state index contributed by atoms with van der Waals surface area (Å²) in [7, 11) is -5.12. The molecule has 0 atom stereocenters. The molecule has 5 nitrogen and oxygen atoms in total. The minimum absolute atomic E-state index is 0.190. The predicted molar refractivity (Wildman–Crippen MR) is 62.0 cm³/mol. The summed E-state index contributed by atoms with van der Waals surface area (Å²) in [6, 6.07) is 5.63. The summed E-state index contributed by atoms with van der Waals surface area (Å²) < 4.78 is 28.3. The average molecular weight is 256 g/mol. The minimum Gasteiger partial charge on any atom is -0.512 e. The molecule has 0 radical (unpaired) electrons. The molecule has 92 valence electrons. The van der Waals surface area contributed by atoms with Crippen molar-refractivity contribution in [1.82, 2.24) is 0 Å². The lowest BCUT2D eigenvalue weighted by Crippen LogP contribution is -2.20. The first-order valence-corrected chi connectivity index (χ1v) is 6.98. The molecule has 1 aliphatic rings. The van der Waals surface area contributed by atoms with E-state index in [0.29, 0.717) is 5.92 Å². The normalized spacial score (nSPS) is 15.6. The topological polar surface area (TPSA) is 83.8 Å². The third-order valence-corrected chi connectivity index (χ3v) is 4.48. The Morgan fingerprint density at radius 1 is 1.24 bits per heavy atom. The molecule has 0 spiro atoms. The van der Waals surface area contributed by atoms with Gasteiger partial charge in [-0.15, -0.1) is 0 Å². The SMILES string of the molecule is O=S(=O)(CC1CC1)c1ccc(OB(O)O)cc1. The maximum Gasteiger partial charge on any atom is 0.707 e. The van der Waals surface area contributed by atoms with Crippen molar-refractivity contribution in [2.75, 3.05) is 5.75 Å². The van der Waals surface area contributed by atoms with E-state index < -0.39 is 17.2 Å². The Morgan fingerprint density at radius 2 is 1.82 bits per heavy atom. The predicted octanol–water partition coefficient (Wildman–Crippen LogP) is 0.219. The lowest BCUT2D eigenvalue weighted by Gasteiger charge is -2.06. The number of sulfone groups is 1. The Morgan fingerprint density at radius 3 is 2.29 bits per heavy atom. The largest absolute Gasteiger partial charge is 0.707 e. The summed E-state index contributed by atoms with van der Waals surface area (Å²) in [6.45, 7) is 0. The first-order valence-electron chi connectivity index (χ1n) is 5.33. The van der Waals surface area contributed by atoms with Crippen LogP contribution in [0.2, 0.25) is 0 Å². The molecule has 2 N–H and O–H groups in total. The van der Waals surface area contributed by atoms with Gasteiger partial charge >= 0.3 is 7.32 Å². The third-order valence-electron chi connectivity index (χ3n) is 2.58. The maximum absolute atomic E-state index is 11.9. The van der Waals surface area contributed by atoms with Gasteiger partial charge in [0.05, 0.1) is 10.6 Å². The third kappa shape index (κ3) is 3.45. The molecule has 1 fully saturated rings. The molecule has 17 heavy (non-hydrogen) atoms. The van der Waals surface area contributed by atoms with Crippen LogP contribution in [0, 0.1) is 5.92 Å². The monoisotopic (exact) mass is 256 g/mol. The Balaban J connectivity index is 2.11. The first-order chi connectivity index (χ1) is 7.97. The number of benzene rings is 1. The fraction of sp³-hybridized carbons (Fsp3) is 0.400. The highest BCUT2D eigenvalue weighted by atomic mass is 32.2. The Kier molecular flexibility index (Phi) is 3.41. The first kappa shape index (κ1) is 12.4. The van der Waals surface area contributed by atoms with Crippen LogP contribution in [0.3, 0.4) is 0 Å². The fourth-order valence-electron chi connectivity index (χ4n) is 1.54. The van der Waals surface area contributed by atoms with E-state index in [4.69, 9.17) is 10.0 Å². The molecule has 0 aliphatic heterocycles. The zero-order valence-electron chi connectivity index (χ0n) is 9.11. The van der Waals surface area contributed by atoms with E-state index in [1.165, 1.54) is 24.3 Å². The van der Waals surface area contributed by atoms with Crippen molar-refractivity contribution in [1.29, 1.82) is 0 Å². The van der Waals surface area contributed by atoms with Gasteiger partial charge in [0, 0.05) is 0 Å². The van der Waals surface area contributed by atoms with E-state index in [-0.39, 0.29) is 16.4 Å². The van der Waals surface area contributed by atoms with Crippen molar-refractivity contribution in [3.63, 3.8) is 0 Å². The molecular weight excluding hydrogens is 243 g/mol. The van der Waals surface area contributed by atoms with Crippen LogP contribution in [-0.2, 0) is 9.84 Å². The highest BCUT2D eigenvalue weighted by molar-refractivity contribution is 7.91. The van der Waals surface area contributed by atoms with E-state index in [2.05, 4.69) is 4.65 Å². The van der Waals surface area contributed by atoms with E-state index in [1.54, 1.807) is 0 Å². The van der Waals surface area contributed by atoms with Gasteiger partial charge in [0.1, 0.15) is 5.75 Å². The second-order valence-corrected chi connectivity index (χ2v) is 6.17. The Bertz CT molecular complexity index is 478. The molecule has 0 heterocycles. The van der Waals surface area contributed by atoms with E-state index in [9.17, 15) is 8.42 Å². The van der Waals surface area contributed by atoms with Gasteiger partial charge in [-0.2, -0.15) is 0 Å². The highest BCUT2D eigenvalue weighted by Crippen LogP contribution is 2.32. The Labute approximate surface area is 100 Å².